The van der Waals surface area contributed by atoms with Gasteiger partial charge < -0.3 is 4.74 Å². The highest BCUT2D eigenvalue weighted by atomic mass is 79.9. The van der Waals surface area contributed by atoms with Crippen LogP contribution in [-0.2, 0) is 0 Å². The second-order valence-electron chi connectivity index (χ2n) is 3.64. The van der Waals surface area contributed by atoms with Gasteiger partial charge in [0, 0.05) is 10.7 Å². The van der Waals surface area contributed by atoms with Gasteiger partial charge in [0.2, 0.25) is 5.88 Å². The monoisotopic (exact) mass is 301 g/mol. The van der Waals surface area contributed by atoms with Crippen molar-refractivity contribution in [1.82, 2.24) is 15.0 Å². The summed E-state index contributed by atoms with van der Waals surface area (Å²) in [6.45, 7) is 0. The van der Waals surface area contributed by atoms with Crippen molar-refractivity contribution in [3.8, 4) is 11.6 Å². The van der Waals surface area contributed by atoms with Crippen LogP contribution in [0.5, 0.6) is 11.6 Å². The van der Waals surface area contributed by atoms with Gasteiger partial charge in [-0.1, -0.05) is 12.1 Å². The Morgan fingerprint density at radius 2 is 1.94 bits per heavy atom. The van der Waals surface area contributed by atoms with Crippen molar-refractivity contribution in [3.05, 3.63) is 53.5 Å². The van der Waals surface area contributed by atoms with Crippen LogP contribution in [0, 0.1) is 0 Å². The van der Waals surface area contributed by atoms with Gasteiger partial charge in [0.1, 0.15) is 12.1 Å². The highest BCUT2D eigenvalue weighted by Crippen LogP contribution is 2.26. The lowest BCUT2D eigenvalue weighted by Crippen LogP contribution is -1.91. The van der Waals surface area contributed by atoms with E-state index >= 15 is 0 Å². The third kappa shape index (κ3) is 2.17. The zero-order valence-corrected chi connectivity index (χ0v) is 10.8. The molecule has 0 aliphatic rings. The van der Waals surface area contributed by atoms with E-state index < -0.39 is 0 Å². The third-order valence-corrected chi connectivity index (χ3v) is 2.83. The molecule has 88 valence electrons. The quantitative estimate of drug-likeness (QED) is 0.726. The molecule has 0 saturated heterocycles. The normalized spacial score (nSPS) is 10.5. The predicted octanol–water partition coefficient (Wildman–Crippen LogP) is 3.58. The van der Waals surface area contributed by atoms with Gasteiger partial charge >= 0.3 is 0 Å². The number of fused-ring (bicyclic) bond motifs is 1. The fourth-order valence-corrected chi connectivity index (χ4v) is 1.97. The summed E-state index contributed by atoms with van der Waals surface area (Å²) in [6, 6.07) is 9.54. The molecule has 2 aromatic heterocycles. The zero-order valence-electron chi connectivity index (χ0n) is 9.25. The highest BCUT2D eigenvalue weighted by Gasteiger charge is 2.05. The SMILES string of the molecule is Brc1cncc(Oc2ncnc3ccccc23)c1. The number of nitrogens with zero attached hydrogens (tertiary/aromatic N) is 3. The lowest BCUT2D eigenvalue weighted by atomic mass is 10.2. The molecule has 18 heavy (non-hydrogen) atoms. The van der Waals surface area contributed by atoms with Gasteiger partial charge in [-0.2, -0.15) is 0 Å². The summed E-state index contributed by atoms with van der Waals surface area (Å²) < 4.78 is 6.59. The van der Waals surface area contributed by atoms with E-state index in [0.717, 1.165) is 15.4 Å². The number of halogens is 1. The van der Waals surface area contributed by atoms with E-state index in [-0.39, 0.29) is 0 Å². The topological polar surface area (TPSA) is 47.9 Å². The van der Waals surface area contributed by atoms with E-state index in [1.54, 1.807) is 12.4 Å². The second kappa shape index (κ2) is 4.70. The molecule has 0 aliphatic carbocycles. The first-order chi connectivity index (χ1) is 8.83. The van der Waals surface area contributed by atoms with Crippen LogP contribution in [0.4, 0.5) is 0 Å². The molecule has 5 heteroatoms. The van der Waals surface area contributed by atoms with Gasteiger partial charge in [-0.05, 0) is 34.1 Å². The Hall–Kier alpha value is -2.01. The maximum Gasteiger partial charge on any atom is 0.230 e. The number of benzene rings is 1. The molecule has 0 bridgehead atoms. The van der Waals surface area contributed by atoms with Crippen LogP contribution in [-0.4, -0.2) is 15.0 Å². The van der Waals surface area contributed by atoms with Gasteiger partial charge in [0.05, 0.1) is 17.1 Å². The van der Waals surface area contributed by atoms with Gasteiger partial charge in [-0.3, -0.25) is 4.98 Å². The maximum absolute atomic E-state index is 5.73. The number of hydrogen-bond acceptors (Lipinski definition) is 4. The molecule has 0 amide bonds. The van der Waals surface area contributed by atoms with E-state index in [9.17, 15) is 0 Å². The van der Waals surface area contributed by atoms with Crippen molar-refractivity contribution in [1.29, 1.82) is 0 Å². The Morgan fingerprint density at radius 1 is 1.06 bits per heavy atom. The minimum absolute atomic E-state index is 0.528. The van der Waals surface area contributed by atoms with Gasteiger partial charge in [0.15, 0.2) is 0 Å². The molecule has 0 aliphatic heterocycles. The van der Waals surface area contributed by atoms with Crippen molar-refractivity contribution in [3.63, 3.8) is 0 Å². The van der Waals surface area contributed by atoms with Crippen LogP contribution in [0.2, 0.25) is 0 Å². The van der Waals surface area contributed by atoms with Crippen molar-refractivity contribution >= 4 is 26.8 Å². The molecule has 0 radical (unpaired) electrons. The standard InChI is InChI=1S/C13H8BrN3O/c14-9-5-10(7-15-6-9)18-13-11-3-1-2-4-12(11)16-8-17-13/h1-8H. The Morgan fingerprint density at radius 3 is 2.83 bits per heavy atom. The van der Waals surface area contributed by atoms with Crippen molar-refractivity contribution < 1.29 is 4.74 Å². The molecule has 0 spiro atoms. The Balaban J connectivity index is 2.05. The molecule has 2 heterocycles. The molecule has 3 rings (SSSR count). The van der Waals surface area contributed by atoms with E-state index in [1.165, 1.54) is 6.33 Å². The molecular weight excluding hydrogens is 294 g/mol. The summed E-state index contributed by atoms with van der Waals surface area (Å²) in [5.74, 6) is 1.16. The summed E-state index contributed by atoms with van der Waals surface area (Å²) in [4.78, 5) is 12.4. The smallest absolute Gasteiger partial charge is 0.230 e. The molecule has 0 fully saturated rings. The summed E-state index contributed by atoms with van der Waals surface area (Å²) in [5.41, 5.74) is 0.852. The average Bonchev–Trinajstić information content (AvgIpc) is 2.39. The first kappa shape index (κ1) is 11.1. The van der Waals surface area contributed by atoms with Crippen LogP contribution in [0.3, 0.4) is 0 Å². The van der Waals surface area contributed by atoms with Crippen molar-refractivity contribution in [2.75, 3.05) is 0 Å². The molecule has 0 unspecified atom stereocenters. The Bertz CT molecular complexity index is 697. The van der Waals surface area contributed by atoms with Gasteiger partial charge in [-0.25, -0.2) is 9.97 Å². The third-order valence-electron chi connectivity index (χ3n) is 2.40. The number of para-hydroxylation sites is 1. The lowest BCUT2D eigenvalue weighted by Gasteiger charge is -2.06. The van der Waals surface area contributed by atoms with Crippen LogP contribution in [0.15, 0.2) is 53.5 Å². The first-order valence-corrected chi connectivity index (χ1v) is 6.10. The van der Waals surface area contributed by atoms with E-state index in [1.807, 2.05) is 30.3 Å². The summed E-state index contributed by atoms with van der Waals surface area (Å²) >= 11 is 3.35. The minimum Gasteiger partial charge on any atom is -0.437 e. The predicted molar refractivity (Wildman–Crippen MR) is 71.5 cm³/mol. The Kier molecular flexibility index (Phi) is 2.90. The van der Waals surface area contributed by atoms with E-state index in [0.29, 0.717) is 11.6 Å². The summed E-state index contributed by atoms with van der Waals surface area (Å²) in [6.07, 6.45) is 4.83. The number of ether oxygens (including phenoxy) is 1. The molecule has 3 aromatic rings. The summed E-state index contributed by atoms with van der Waals surface area (Å²) in [5, 5.41) is 0.875. The fraction of sp³-hybridized carbons (Fsp3) is 0. The van der Waals surface area contributed by atoms with Gasteiger partial charge in [-0.15, -0.1) is 0 Å². The minimum atomic E-state index is 0.528. The molecule has 0 saturated carbocycles. The molecule has 1 aromatic carbocycles. The molecule has 4 nitrogen and oxygen atoms in total. The van der Waals surface area contributed by atoms with Crippen LogP contribution in [0.25, 0.3) is 10.9 Å². The number of pyridine rings is 1. The number of hydrogen-bond donors (Lipinski definition) is 0. The fourth-order valence-electron chi connectivity index (χ4n) is 1.62. The van der Waals surface area contributed by atoms with E-state index in [4.69, 9.17) is 4.74 Å². The maximum atomic E-state index is 5.73. The van der Waals surface area contributed by atoms with Crippen molar-refractivity contribution in [2.24, 2.45) is 0 Å². The lowest BCUT2D eigenvalue weighted by molar-refractivity contribution is 0.465. The second-order valence-corrected chi connectivity index (χ2v) is 4.55. The molecule has 0 N–H and O–H groups in total. The largest absolute Gasteiger partial charge is 0.437 e. The highest BCUT2D eigenvalue weighted by molar-refractivity contribution is 9.10. The molecule has 0 atom stereocenters. The van der Waals surface area contributed by atoms with Crippen LogP contribution in [0.1, 0.15) is 0 Å². The zero-order chi connectivity index (χ0) is 12.4. The van der Waals surface area contributed by atoms with Crippen molar-refractivity contribution in [2.45, 2.75) is 0 Å². The van der Waals surface area contributed by atoms with Gasteiger partial charge in [0.25, 0.3) is 0 Å². The van der Waals surface area contributed by atoms with Crippen LogP contribution >= 0.6 is 15.9 Å². The average molecular weight is 302 g/mol. The van der Waals surface area contributed by atoms with Crippen LogP contribution < -0.4 is 4.74 Å². The number of rotatable bonds is 2. The number of aromatic nitrogens is 3. The molecular formula is C13H8BrN3O. The first-order valence-electron chi connectivity index (χ1n) is 5.31. The summed E-state index contributed by atoms with van der Waals surface area (Å²) in [7, 11) is 0. The van der Waals surface area contributed by atoms with E-state index in [2.05, 4.69) is 30.9 Å². The Labute approximate surface area is 112 Å².